The van der Waals surface area contributed by atoms with Gasteiger partial charge in [-0.15, -0.1) is 0 Å². The first-order chi connectivity index (χ1) is 11.1. The van der Waals surface area contributed by atoms with Crippen LogP contribution in [0.3, 0.4) is 0 Å². The van der Waals surface area contributed by atoms with Crippen LogP contribution in [-0.2, 0) is 4.79 Å². The molecule has 6 nitrogen and oxygen atoms in total. The fourth-order valence-electron chi connectivity index (χ4n) is 2.74. The quantitative estimate of drug-likeness (QED) is 0.876. The van der Waals surface area contributed by atoms with E-state index >= 15 is 0 Å². The number of hydrogen-bond donors (Lipinski definition) is 2. The first-order valence-corrected chi connectivity index (χ1v) is 8.08. The van der Waals surface area contributed by atoms with Gasteiger partial charge in [0.05, 0.1) is 7.11 Å². The molecule has 0 radical (unpaired) electrons. The Morgan fingerprint density at radius 2 is 2.00 bits per heavy atom. The third kappa shape index (κ3) is 5.16. The average Bonchev–Trinajstić information content (AvgIpc) is 2.56. The summed E-state index contributed by atoms with van der Waals surface area (Å²) in [4.78, 5) is 25.9. The summed E-state index contributed by atoms with van der Waals surface area (Å²) in [7, 11) is 1.59. The number of methoxy groups -OCH3 is 1. The largest absolute Gasteiger partial charge is 0.497 e. The second-order valence-corrected chi connectivity index (χ2v) is 5.79. The van der Waals surface area contributed by atoms with Gasteiger partial charge in [0.2, 0.25) is 5.91 Å². The van der Waals surface area contributed by atoms with Gasteiger partial charge in [0.1, 0.15) is 5.75 Å². The highest BCUT2D eigenvalue weighted by Gasteiger charge is 2.22. The molecule has 126 valence electrons. The minimum atomic E-state index is -0.311. The fourth-order valence-corrected chi connectivity index (χ4v) is 2.74. The Morgan fingerprint density at radius 1 is 1.26 bits per heavy atom. The predicted octanol–water partition coefficient (Wildman–Crippen LogP) is 2.61. The molecule has 2 N–H and O–H groups in total. The fraction of sp³-hybridized carbons (Fsp3) is 0.529. The summed E-state index contributed by atoms with van der Waals surface area (Å²) in [6.45, 7) is 3.25. The molecule has 0 aromatic heterocycles. The zero-order chi connectivity index (χ0) is 16.7. The van der Waals surface area contributed by atoms with Crippen LogP contribution in [0.25, 0.3) is 0 Å². The van der Waals surface area contributed by atoms with E-state index in [9.17, 15) is 9.59 Å². The van der Waals surface area contributed by atoms with Gasteiger partial charge in [0.15, 0.2) is 0 Å². The number of anilines is 1. The lowest BCUT2D eigenvalue weighted by atomic mass is 10.0. The summed E-state index contributed by atoms with van der Waals surface area (Å²) < 4.78 is 5.06. The van der Waals surface area contributed by atoms with Crippen LogP contribution in [0.2, 0.25) is 0 Å². The van der Waals surface area contributed by atoms with Crippen molar-refractivity contribution in [3.05, 3.63) is 24.3 Å². The molecule has 1 saturated heterocycles. The normalized spacial score (nSPS) is 17.5. The molecular weight excluding hydrogens is 294 g/mol. The van der Waals surface area contributed by atoms with Crippen molar-refractivity contribution < 1.29 is 14.3 Å². The van der Waals surface area contributed by atoms with Crippen molar-refractivity contribution in [3.8, 4) is 5.75 Å². The van der Waals surface area contributed by atoms with Crippen LogP contribution in [0.5, 0.6) is 5.75 Å². The number of likely N-dealkylation sites (tertiary alicyclic amines) is 1. The summed E-state index contributed by atoms with van der Waals surface area (Å²) in [5.74, 6) is 0.846. The Bertz CT molecular complexity index is 530. The monoisotopic (exact) mass is 319 g/mol. The number of rotatable bonds is 5. The predicted molar refractivity (Wildman–Crippen MR) is 89.7 cm³/mol. The van der Waals surface area contributed by atoms with Gasteiger partial charge in [-0.2, -0.15) is 0 Å². The number of hydrogen-bond acceptors (Lipinski definition) is 3. The summed E-state index contributed by atoms with van der Waals surface area (Å²) in [5.41, 5.74) is 0.680. The Balaban J connectivity index is 1.70. The standard InChI is InChI=1S/C17H25N3O3/c1-13-5-3-4-12-20(13)16(21)10-11-18-17(22)19-14-6-8-15(23-2)9-7-14/h6-9,13H,3-5,10-12H2,1-2H3,(H2,18,19,22)/t13-/m1/s1. The van der Waals surface area contributed by atoms with Crippen LogP contribution in [0, 0.1) is 0 Å². The third-order valence-electron chi connectivity index (χ3n) is 4.10. The molecule has 1 atom stereocenters. The number of ether oxygens (including phenoxy) is 1. The molecular formula is C17H25N3O3. The third-order valence-corrected chi connectivity index (χ3v) is 4.10. The minimum absolute atomic E-state index is 0.113. The molecule has 1 aromatic rings. The summed E-state index contributed by atoms with van der Waals surface area (Å²) >= 11 is 0. The second-order valence-electron chi connectivity index (χ2n) is 5.79. The van der Waals surface area contributed by atoms with E-state index < -0.39 is 0 Å². The molecule has 1 aromatic carbocycles. The van der Waals surface area contributed by atoms with E-state index in [1.807, 2.05) is 4.90 Å². The minimum Gasteiger partial charge on any atom is -0.497 e. The molecule has 2 rings (SSSR count). The molecule has 1 fully saturated rings. The molecule has 23 heavy (non-hydrogen) atoms. The van der Waals surface area contributed by atoms with Gasteiger partial charge in [0, 0.05) is 31.2 Å². The van der Waals surface area contributed by atoms with Crippen LogP contribution >= 0.6 is 0 Å². The number of nitrogens with zero attached hydrogens (tertiary/aromatic N) is 1. The number of nitrogens with one attached hydrogen (secondary N) is 2. The molecule has 1 aliphatic rings. The van der Waals surface area contributed by atoms with Crippen molar-refractivity contribution in [1.29, 1.82) is 0 Å². The van der Waals surface area contributed by atoms with Crippen molar-refractivity contribution in [2.24, 2.45) is 0 Å². The van der Waals surface area contributed by atoms with Crippen molar-refractivity contribution in [1.82, 2.24) is 10.2 Å². The second kappa shape index (κ2) is 8.41. The van der Waals surface area contributed by atoms with Crippen LogP contribution < -0.4 is 15.4 Å². The van der Waals surface area contributed by atoms with Crippen LogP contribution in [0.15, 0.2) is 24.3 Å². The number of piperidine rings is 1. The molecule has 0 saturated carbocycles. The van der Waals surface area contributed by atoms with E-state index in [4.69, 9.17) is 4.74 Å². The molecule has 0 aliphatic carbocycles. The Labute approximate surface area is 137 Å². The van der Waals surface area contributed by atoms with E-state index in [0.717, 1.165) is 25.1 Å². The van der Waals surface area contributed by atoms with Crippen LogP contribution in [0.4, 0.5) is 10.5 Å². The van der Waals surface area contributed by atoms with E-state index in [-0.39, 0.29) is 11.9 Å². The lowest BCUT2D eigenvalue weighted by Gasteiger charge is -2.33. The Hall–Kier alpha value is -2.24. The van der Waals surface area contributed by atoms with Gasteiger partial charge in [-0.1, -0.05) is 0 Å². The smallest absolute Gasteiger partial charge is 0.319 e. The summed E-state index contributed by atoms with van der Waals surface area (Å²) in [6.07, 6.45) is 3.66. The summed E-state index contributed by atoms with van der Waals surface area (Å²) in [6, 6.07) is 7.07. The highest BCUT2D eigenvalue weighted by molar-refractivity contribution is 5.89. The van der Waals surface area contributed by atoms with Crippen LogP contribution in [-0.4, -0.2) is 43.1 Å². The molecule has 0 spiro atoms. The van der Waals surface area contributed by atoms with E-state index in [1.165, 1.54) is 6.42 Å². The summed E-state index contributed by atoms with van der Waals surface area (Å²) in [5, 5.41) is 5.44. The van der Waals surface area contributed by atoms with Crippen molar-refractivity contribution in [3.63, 3.8) is 0 Å². The Kier molecular flexibility index (Phi) is 6.26. The lowest BCUT2D eigenvalue weighted by molar-refractivity contribution is -0.134. The highest BCUT2D eigenvalue weighted by Crippen LogP contribution is 2.17. The number of carbonyl (C=O) groups is 2. The maximum absolute atomic E-state index is 12.2. The van der Waals surface area contributed by atoms with Gasteiger partial charge < -0.3 is 20.3 Å². The van der Waals surface area contributed by atoms with E-state index in [2.05, 4.69) is 17.6 Å². The van der Waals surface area contributed by atoms with Crippen molar-refractivity contribution in [2.45, 2.75) is 38.6 Å². The maximum Gasteiger partial charge on any atom is 0.319 e. The highest BCUT2D eigenvalue weighted by atomic mass is 16.5. The number of urea groups is 1. The van der Waals surface area contributed by atoms with Gasteiger partial charge in [-0.05, 0) is 50.5 Å². The molecule has 1 aliphatic heterocycles. The SMILES string of the molecule is COc1ccc(NC(=O)NCCC(=O)N2CCCC[C@H]2C)cc1. The van der Waals surface area contributed by atoms with Gasteiger partial charge >= 0.3 is 6.03 Å². The van der Waals surface area contributed by atoms with Crippen molar-refractivity contribution >= 4 is 17.6 Å². The zero-order valence-electron chi connectivity index (χ0n) is 13.8. The van der Waals surface area contributed by atoms with Gasteiger partial charge in [-0.3, -0.25) is 4.79 Å². The zero-order valence-corrected chi connectivity index (χ0v) is 13.8. The molecule has 1 heterocycles. The van der Waals surface area contributed by atoms with Crippen molar-refractivity contribution in [2.75, 3.05) is 25.5 Å². The van der Waals surface area contributed by atoms with Crippen LogP contribution in [0.1, 0.15) is 32.6 Å². The number of benzene rings is 1. The number of carbonyl (C=O) groups excluding carboxylic acids is 2. The Morgan fingerprint density at radius 3 is 2.65 bits per heavy atom. The molecule has 0 unspecified atom stereocenters. The van der Waals surface area contributed by atoms with Gasteiger partial charge in [0.25, 0.3) is 0 Å². The maximum atomic E-state index is 12.2. The van der Waals surface area contributed by atoms with E-state index in [0.29, 0.717) is 24.7 Å². The first kappa shape index (κ1) is 17.1. The average molecular weight is 319 g/mol. The molecule has 0 bridgehead atoms. The molecule has 6 heteroatoms. The number of amides is 3. The molecule has 3 amide bonds. The van der Waals surface area contributed by atoms with Gasteiger partial charge in [-0.25, -0.2) is 4.79 Å². The first-order valence-electron chi connectivity index (χ1n) is 8.08. The topological polar surface area (TPSA) is 70.7 Å². The lowest BCUT2D eigenvalue weighted by Crippen LogP contribution is -2.43. The van der Waals surface area contributed by atoms with E-state index in [1.54, 1.807) is 31.4 Å².